The summed E-state index contributed by atoms with van der Waals surface area (Å²) in [5.74, 6) is -1.20. The molecule has 0 fully saturated rings. The number of nitrogens with zero attached hydrogens (tertiary/aromatic N) is 3. The molecule has 0 radical (unpaired) electrons. The second-order valence-electron chi connectivity index (χ2n) is 8.00. The van der Waals surface area contributed by atoms with Crippen LogP contribution < -0.4 is 5.56 Å². The number of hydrogen-bond acceptors (Lipinski definition) is 3. The van der Waals surface area contributed by atoms with E-state index in [9.17, 15) is 13.6 Å². The first-order valence-corrected chi connectivity index (χ1v) is 10.6. The van der Waals surface area contributed by atoms with Gasteiger partial charge >= 0.3 is 0 Å². The second-order valence-corrected chi connectivity index (χ2v) is 8.00. The van der Waals surface area contributed by atoms with E-state index in [-0.39, 0.29) is 24.3 Å². The molecule has 1 heterocycles. The monoisotopic (exact) mass is 433 g/mol. The van der Waals surface area contributed by atoms with Crippen LogP contribution in [0.15, 0.2) is 65.5 Å². The van der Waals surface area contributed by atoms with E-state index >= 15 is 0 Å². The molecule has 4 aromatic rings. The summed E-state index contributed by atoms with van der Waals surface area (Å²) in [7, 11) is 0. The van der Waals surface area contributed by atoms with E-state index in [0.29, 0.717) is 11.9 Å². The highest BCUT2D eigenvalue weighted by Gasteiger charge is 2.17. The van der Waals surface area contributed by atoms with Crippen molar-refractivity contribution in [2.24, 2.45) is 0 Å². The molecule has 0 aliphatic rings. The van der Waals surface area contributed by atoms with Crippen molar-refractivity contribution in [1.29, 1.82) is 0 Å². The molecule has 0 amide bonds. The molecule has 0 aliphatic heterocycles. The lowest BCUT2D eigenvalue weighted by Gasteiger charge is -2.22. The maximum Gasteiger partial charge on any atom is 0.275 e. The van der Waals surface area contributed by atoms with Gasteiger partial charge in [0.2, 0.25) is 0 Å². The molecule has 4 rings (SSSR count). The number of hydrogen-bond donors (Lipinski definition) is 0. The van der Waals surface area contributed by atoms with Crippen molar-refractivity contribution in [1.82, 2.24) is 14.7 Å². The largest absolute Gasteiger partial charge is 0.280 e. The molecule has 0 saturated heterocycles. The summed E-state index contributed by atoms with van der Waals surface area (Å²) in [6, 6.07) is 17.4. The summed E-state index contributed by atoms with van der Waals surface area (Å²) in [5.41, 5.74) is 3.58. The Morgan fingerprint density at radius 2 is 1.62 bits per heavy atom. The summed E-state index contributed by atoms with van der Waals surface area (Å²) in [6.45, 7) is 6.56. The second kappa shape index (κ2) is 9.01. The van der Waals surface area contributed by atoms with E-state index in [4.69, 9.17) is 5.10 Å². The predicted molar refractivity (Wildman–Crippen MR) is 123 cm³/mol. The number of benzene rings is 3. The van der Waals surface area contributed by atoms with Crippen molar-refractivity contribution in [2.45, 2.75) is 34.0 Å². The maximum absolute atomic E-state index is 14.2. The van der Waals surface area contributed by atoms with Crippen LogP contribution in [0.3, 0.4) is 0 Å². The lowest BCUT2D eigenvalue weighted by molar-refractivity contribution is 0.200. The zero-order chi connectivity index (χ0) is 22.8. The van der Waals surface area contributed by atoms with E-state index in [2.05, 4.69) is 6.07 Å². The fourth-order valence-electron chi connectivity index (χ4n) is 3.88. The third-order valence-corrected chi connectivity index (χ3v) is 5.74. The van der Waals surface area contributed by atoms with E-state index in [1.54, 1.807) is 11.0 Å². The normalized spacial score (nSPS) is 11.4. The molecule has 0 saturated carbocycles. The summed E-state index contributed by atoms with van der Waals surface area (Å²) in [4.78, 5) is 15.0. The van der Waals surface area contributed by atoms with Gasteiger partial charge in [-0.3, -0.25) is 9.69 Å². The zero-order valence-electron chi connectivity index (χ0n) is 18.4. The van der Waals surface area contributed by atoms with Crippen LogP contribution in [0.5, 0.6) is 0 Å². The minimum Gasteiger partial charge on any atom is -0.280 e. The quantitative estimate of drug-likeness (QED) is 0.407. The molecule has 164 valence electrons. The summed E-state index contributed by atoms with van der Waals surface area (Å²) < 4.78 is 29.8. The number of fused-ring (bicyclic) bond motifs is 1. The fourth-order valence-corrected chi connectivity index (χ4v) is 3.88. The van der Waals surface area contributed by atoms with E-state index in [0.717, 1.165) is 27.8 Å². The van der Waals surface area contributed by atoms with Gasteiger partial charge in [0.05, 0.1) is 17.7 Å². The van der Waals surface area contributed by atoms with Gasteiger partial charge in [0, 0.05) is 23.1 Å². The van der Waals surface area contributed by atoms with Crippen LogP contribution in [-0.4, -0.2) is 21.2 Å². The summed E-state index contributed by atoms with van der Waals surface area (Å²) in [6.07, 6.45) is 0. The van der Waals surface area contributed by atoms with Gasteiger partial charge in [0.1, 0.15) is 11.6 Å². The van der Waals surface area contributed by atoms with Crippen LogP contribution in [0.1, 0.15) is 23.6 Å². The van der Waals surface area contributed by atoms with E-state index in [1.807, 2.05) is 51.1 Å². The van der Waals surface area contributed by atoms with Gasteiger partial charge in [-0.1, -0.05) is 48.9 Å². The topological polar surface area (TPSA) is 38.1 Å². The first kappa shape index (κ1) is 21.8. The van der Waals surface area contributed by atoms with Crippen LogP contribution in [0.2, 0.25) is 0 Å². The molecule has 0 N–H and O–H groups in total. The molecule has 6 heteroatoms. The Balaban J connectivity index is 1.81. The molecule has 1 aromatic heterocycles. The Labute approximate surface area is 185 Å². The average molecular weight is 434 g/mol. The van der Waals surface area contributed by atoms with E-state index in [1.165, 1.54) is 22.9 Å². The van der Waals surface area contributed by atoms with Crippen molar-refractivity contribution < 1.29 is 8.78 Å². The standard InChI is InChI=1S/C26H25F2N3O/c1-4-30(15-22-23(27)10-7-11-24(22)28)16-31-26(32)20-9-6-5-8-19(20)25(29-31)21-14-17(2)12-13-18(21)3/h5-14H,4,15-16H2,1-3H3. The van der Waals surface area contributed by atoms with Crippen molar-refractivity contribution in [2.75, 3.05) is 6.54 Å². The fraction of sp³-hybridized carbons (Fsp3) is 0.231. The molecule has 3 aromatic carbocycles. The third kappa shape index (κ3) is 4.18. The molecule has 0 bridgehead atoms. The van der Waals surface area contributed by atoms with Gasteiger partial charge in [0.15, 0.2) is 0 Å². The average Bonchev–Trinajstić information content (AvgIpc) is 2.79. The van der Waals surface area contributed by atoms with Gasteiger partial charge in [0.25, 0.3) is 5.56 Å². The highest BCUT2D eigenvalue weighted by molar-refractivity contribution is 5.94. The first-order valence-electron chi connectivity index (χ1n) is 10.6. The molecule has 0 aliphatic carbocycles. The van der Waals surface area contributed by atoms with Crippen molar-refractivity contribution in [3.05, 3.63) is 99.3 Å². The highest BCUT2D eigenvalue weighted by atomic mass is 19.1. The van der Waals surface area contributed by atoms with Crippen molar-refractivity contribution in [3.8, 4) is 11.3 Å². The van der Waals surface area contributed by atoms with Crippen LogP contribution in [-0.2, 0) is 13.2 Å². The maximum atomic E-state index is 14.2. The van der Waals surface area contributed by atoms with Gasteiger partial charge < -0.3 is 0 Å². The Hall–Kier alpha value is -3.38. The molecule has 0 unspecified atom stereocenters. The molecular formula is C26H25F2N3O. The first-order chi connectivity index (χ1) is 15.4. The Kier molecular flexibility index (Phi) is 6.15. The summed E-state index contributed by atoms with van der Waals surface area (Å²) in [5, 5.41) is 6.07. The van der Waals surface area contributed by atoms with Crippen molar-refractivity contribution >= 4 is 10.8 Å². The number of halogens is 2. The van der Waals surface area contributed by atoms with Crippen LogP contribution in [0.4, 0.5) is 8.78 Å². The van der Waals surface area contributed by atoms with Crippen LogP contribution in [0, 0.1) is 25.5 Å². The molecule has 4 nitrogen and oxygen atoms in total. The number of aromatic nitrogens is 2. The zero-order valence-corrected chi connectivity index (χ0v) is 18.4. The van der Waals surface area contributed by atoms with Crippen LogP contribution >= 0.6 is 0 Å². The molecule has 0 spiro atoms. The molecule has 0 atom stereocenters. The SMILES string of the molecule is CCN(Cc1c(F)cccc1F)Cn1nc(-c2cc(C)ccc2C)c2ccccc2c1=O. The lowest BCUT2D eigenvalue weighted by atomic mass is 9.99. The third-order valence-electron chi connectivity index (χ3n) is 5.74. The minimum atomic E-state index is -0.599. The Bertz CT molecular complexity index is 1330. The van der Waals surface area contributed by atoms with Gasteiger partial charge in [-0.05, 0) is 50.2 Å². The highest BCUT2D eigenvalue weighted by Crippen LogP contribution is 2.28. The predicted octanol–water partition coefficient (Wildman–Crippen LogP) is 5.44. The van der Waals surface area contributed by atoms with Gasteiger partial charge in [-0.2, -0.15) is 5.10 Å². The molecular weight excluding hydrogens is 408 g/mol. The lowest BCUT2D eigenvalue weighted by Crippen LogP contribution is -2.34. The summed E-state index contributed by atoms with van der Waals surface area (Å²) >= 11 is 0. The minimum absolute atomic E-state index is 0.0158. The van der Waals surface area contributed by atoms with Crippen molar-refractivity contribution in [3.63, 3.8) is 0 Å². The molecule has 32 heavy (non-hydrogen) atoms. The Morgan fingerprint density at radius 3 is 2.31 bits per heavy atom. The van der Waals surface area contributed by atoms with Gasteiger partial charge in [-0.15, -0.1) is 0 Å². The van der Waals surface area contributed by atoms with E-state index < -0.39 is 11.6 Å². The van der Waals surface area contributed by atoms with Gasteiger partial charge in [-0.25, -0.2) is 13.5 Å². The number of rotatable bonds is 6. The Morgan fingerprint density at radius 1 is 0.938 bits per heavy atom. The number of aryl methyl sites for hydroxylation is 2. The van der Waals surface area contributed by atoms with Crippen LogP contribution in [0.25, 0.3) is 22.0 Å². The smallest absolute Gasteiger partial charge is 0.275 e.